The van der Waals surface area contributed by atoms with Crippen LogP contribution >= 0.6 is 0 Å². The zero-order chi connectivity index (χ0) is 55.7. The van der Waals surface area contributed by atoms with E-state index < -0.39 is 6.10 Å². The number of esters is 3. The fraction of sp³-hybridized carbons (Fsp3) is 0.732. The van der Waals surface area contributed by atoms with Gasteiger partial charge in [0.05, 0.1) is 0 Å². The second kappa shape index (κ2) is 64.9. The minimum absolute atomic E-state index is 0.100. The molecule has 0 bridgehead atoms. The summed E-state index contributed by atoms with van der Waals surface area (Å²) in [7, 11) is 0. The Bertz CT molecular complexity index is 1510. The highest BCUT2D eigenvalue weighted by Gasteiger charge is 2.19. The Hall–Kier alpha value is -3.67. The van der Waals surface area contributed by atoms with Crippen LogP contribution in [0.5, 0.6) is 0 Å². The molecule has 0 saturated heterocycles. The molecule has 0 N–H and O–H groups in total. The van der Waals surface area contributed by atoms with E-state index in [-0.39, 0.29) is 37.5 Å². The highest BCUT2D eigenvalue weighted by Crippen LogP contribution is 2.16. The smallest absolute Gasteiger partial charge is 0.306 e. The third-order valence-electron chi connectivity index (χ3n) is 14.1. The molecule has 0 aliphatic heterocycles. The number of ether oxygens (including phenoxy) is 3. The summed E-state index contributed by atoms with van der Waals surface area (Å²) >= 11 is 0. The topological polar surface area (TPSA) is 78.9 Å². The maximum Gasteiger partial charge on any atom is 0.306 e. The summed E-state index contributed by atoms with van der Waals surface area (Å²) < 4.78 is 16.8. The normalized spacial score (nSPS) is 12.7. The largest absolute Gasteiger partial charge is 0.462 e. The van der Waals surface area contributed by atoms with Crippen molar-refractivity contribution in [1.29, 1.82) is 0 Å². The summed E-state index contributed by atoms with van der Waals surface area (Å²) in [6.07, 6.45) is 87.3. The Morgan fingerprint density at radius 2 is 0.532 bits per heavy atom. The third kappa shape index (κ3) is 63.0. The molecular formula is C71H122O6. The van der Waals surface area contributed by atoms with E-state index in [0.29, 0.717) is 19.3 Å². The summed E-state index contributed by atoms with van der Waals surface area (Å²) in [5, 5.41) is 0. The summed E-state index contributed by atoms with van der Waals surface area (Å²) in [5.41, 5.74) is 0. The maximum absolute atomic E-state index is 12.9. The Labute approximate surface area is 477 Å². The second-order valence-corrected chi connectivity index (χ2v) is 21.6. The average Bonchev–Trinajstić information content (AvgIpc) is 3.43. The van der Waals surface area contributed by atoms with Crippen LogP contribution in [0, 0.1) is 0 Å². The van der Waals surface area contributed by atoms with Crippen LogP contribution in [0.15, 0.2) is 97.2 Å². The van der Waals surface area contributed by atoms with Gasteiger partial charge >= 0.3 is 17.9 Å². The lowest BCUT2D eigenvalue weighted by atomic mass is 10.0. The molecule has 0 fully saturated rings. The van der Waals surface area contributed by atoms with Gasteiger partial charge in [0.15, 0.2) is 6.10 Å². The molecule has 0 aliphatic carbocycles. The highest BCUT2D eigenvalue weighted by molar-refractivity contribution is 5.71. The first-order valence-electron chi connectivity index (χ1n) is 32.7. The standard InChI is InChI=1S/C71H122O6/c1-4-7-10-13-16-19-22-25-27-29-30-31-32-33-34-35-36-37-38-39-40-42-43-46-49-52-55-58-61-64-70(73)76-67-68(66-75-69(72)63-60-57-54-51-48-45-24-21-18-15-12-9-6-3)77-71(74)65-62-59-56-53-50-47-44-41-28-26-23-20-17-14-11-8-5-2/h9,12,18,21-22,25-26,28-30,32-33,45,48,54,57,68H,4-8,10-11,13-17,19-20,23-24,27,31,34-44,46-47,49-53,55-56,58-67H2,1-3H3/b12-9-,21-18-,25-22-,28-26-,30-29-,33-32-,48-45-,57-54-. The first-order chi connectivity index (χ1) is 38.0. The molecular weight excluding hydrogens is 949 g/mol. The SMILES string of the molecule is CC/C=C\C/C=C\C/C=C\C/C=C\CCC(=O)OCC(COC(=O)CCCCCCCCCCCCCCCC/C=C\C/C=C\C/C=C\CCCCCCC)OC(=O)CCCCCCCCC/C=C\CCCCCCCC. The van der Waals surface area contributed by atoms with Crippen LogP contribution in [0.3, 0.4) is 0 Å². The molecule has 0 rings (SSSR count). The number of hydrogen-bond donors (Lipinski definition) is 0. The van der Waals surface area contributed by atoms with Crippen LogP contribution in [0.4, 0.5) is 0 Å². The molecule has 0 radical (unpaired) electrons. The van der Waals surface area contributed by atoms with Gasteiger partial charge in [-0.25, -0.2) is 0 Å². The number of unbranched alkanes of at least 4 members (excludes halogenated alkanes) is 32. The van der Waals surface area contributed by atoms with Gasteiger partial charge in [-0.2, -0.15) is 0 Å². The summed E-state index contributed by atoms with van der Waals surface area (Å²) in [6.45, 7) is 6.47. The highest BCUT2D eigenvalue weighted by atomic mass is 16.6. The predicted molar refractivity (Wildman–Crippen MR) is 334 cm³/mol. The summed E-state index contributed by atoms with van der Waals surface area (Å²) in [5.74, 6) is -0.981. The van der Waals surface area contributed by atoms with E-state index in [1.807, 2.05) is 6.08 Å². The minimum atomic E-state index is -0.810. The van der Waals surface area contributed by atoms with Crippen molar-refractivity contribution in [2.45, 2.75) is 322 Å². The van der Waals surface area contributed by atoms with E-state index >= 15 is 0 Å². The van der Waals surface area contributed by atoms with Crippen molar-refractivity contribution in [3.05, 3.63) is 97.2 Å². The Balaban J connectivity index is 4.28. The molecule has 442 valence electrons. The molecule has 0 aromatic heterocycles. The average molecular weight is 1070 g/mol. The zero-order valence-electron chi connectivity index (χ0n) is 50.7. The lowest BCUT2D eigenvalue weighted by Crippen LogP contribution is -2.30. The van der Waals surface area contributed by atoms with Crippen molar-refractivity contribution < 1.29 is 28.6 Å². The van der Waals surface area contributed by atoms with Gasteiger partial charge in [0.2, 0.25) is 0 Å². The van der Waals surface area contributed by atoms with Crippen LogP contribution in [0.2, 0.25) is 0 Å². The van der Waals surface area contributed by atoms with E-state index in [9.17, 15) is 14.4 Å². The Morgan fingerprint density at radius 1 is 0.273 bits per heavy atom. The minimum Gasteiger partial charge on any atom is -0.462 e. The van der Waals surface area contributed by atoms with E-state index in [4.69, 9.17) is 14.2 Å². The lowest BCUT2D eigenvalue weighted by molar-refractivity contribution is -0.166. The predicted octanol–water partition coefficient (Wildman–Crippen LogP) is 22.4. The number of rotatable bonds is 59. The van der Waals surface area contributed by atoms with E-state index in [1.54, 1.807) is 0 Å². The quantitative estimate of drug-likeness (QED) is 0.0261. The van der Waals surface area contributed by atoms with Crippen LogP contribution in [0.1, 0.15) is 316 Å². The van der Waals surface area contributed by atoms with Crippen LogP contribution in [0.25, 0.3) is 0 Å². The van der Waals surface area contributed by atoms with Crippen molar-refractivity contribution in [1.82, 2.24) is 0 Å². The van der Waals surface area contributed by atoms with Gasteiger partial charge in [0.25, 0.3) is 0 Å². The van der Waals surface area contributed by atoms with Crippen molar-refractivity contribution in [3.8, 4) is 0 Å². The molecule has 1 unspecified atom stereocenters. The van der Waals surface area contributed by atoms with Gasteiger partial charge in [-0.3, -0.25) is 14.4 Å². The van der Waals surface area contributed by atoms with E-state index in [0.717, 1.165) is 77.0 Å². The Morgan fingerprint density at radius 3 is 0.883 bits per heavy atom. The van der Waals surface area contributed by atoms with Crippen molar-refractivity contribution in [2.24, 2.45) is 0 Å². The molecule has 6 nitrogen and oxygen atoms in total. The Kier molecular flexibility index (Phi) is 61.8. The molecule has 6 heteroatoms. The number of allylic oxidation sites excluding steroid dienone is 16. The summed E-state index contributed by atoms with van der Waals surface area (Å²) in [6, 6.07) is 0. The maximum atomic E-state index is 12.9. The van der Waals surface area contributed by atoms with Gasteiger partial charge in [-0.1, -0.05) is 285 Å². The molecule has 0 heterocycles. The van der Waals surface area contributed by atoms with Crippen LogP contribution in [-0.2, 0) is 28.6 Å². The number of hydrogen-bond acceptors (Lipinski definition) is 6. The van der Waals surface area contributed by atoms with Gasteiger partial charge < -0.3 is 14.2 Å². The van der Waals surface area contributed by atoms with Gasteiger partial charge in [-0.05, 0) is 109 Å². The number of carbonyl (C=O) groups excluding carboxylic acids is 3. The first-order valence-corrected chi connectivity index (χ1v) is 32.7. The molecule has 0 aromatic carbocycles. The molecule has 0 aromatic rings. The molecule has 77 heavy (non-hydrogen) atoms. The molecule has 0 aliphatic rings. The monoisotopic (exact) mass is 1070 g/mol. The molecule has 0 saturated carbocycles. The van der Waals surface area contributed by atoms with Gasteiger partial charge in [0.1, 0.15) is 13.2 Å². The second-order valence-electron chi connectivity index (χ2n) is 21.6. The first kappa shape index (κ1) is 73.3. The summed E-state index contributed by atoms with van der Waals surface area (Å²) in [4.78, 5) is 38.2. The third-order valence-corrected chi connectivity index (χ3v) is 14.1. The van der Waals surface area contributed by atoms with E-state index in [1.165, 1.54) is 193 Å². The van der Waals surface area contributed by atoms with Gasteiger partial charge in [-0.15, -0.1) is 0 Å². The number of carbonyl (C=O) groups is 3. The van der Waals surface area contributed by atoms with Crippen LogP contribution in [-0.4, -0.2) is 37.2 Å². The lowest BCUT2D eigenvalue weighted by Gasteiger charge is -2.18. The van der Waals surface area contributed by atoms with Crippen molar-refractivity contribution >= 4 is 17.9 Å². The van der Waals surface area contributed by atoms with Crippen molar-refractivity contribution in [2.75, 3.05) is 13.2 Å². The molecule has 1 atom stereocenters. The van der Waals surface area contributed by atoms with E-state index in [2.05, 4.69) is 112 Å². The van der Waals surface area contributed by atoms with Gasteiger partial charge in [0, 0.05) is 19.3 Å². The fourth-order valence-electron chi connectivity index (χ4n) is 9.17. The fourth-order valence-corrected chi connectivity index (χ4v) is 9.17. The zero-order valence-corrected chi connectivity index (χ0v) is 50.7. The van der Waals surface area contributed by atoms with Crippen molar-refractivity contribution in [3.63, 3.8) is 0 Å². The molecule has 0 amide bonds. The molecule has 0 spiro atoms. The van der Waals surface area contributed by atoms with Crippen LogP contribution < -0.4 is 0 Å².